The van der Waals surface area contributed by atoms with E-state index in [1.165, 1.54) is 22.3 Å². The summed E-state index contributed by atoms with van der Waals surface area (Å²) < 4.78 is 5.56. The molecule has 6 heteroatoms. The Labute approximate surface area is 192 Å². The maximum atomic E-state index is 5.56. The Bertz CT molecular complexity index is 790. The highest BCUT2D eigenvalue weighted by atomic mass is 127. The zero-order chi connectivity index (χ0) is 19.8. The predicted octanol–water partition coefficient (Wildman–Crippen LogP) is 3.66. The molecule has 1 unspecified atom stereocenters. The van der Waals surface area contributed by atoms with Crippen LogP contribution in [0.3, 0.4) is 0 Å². The van der Waals surface area contributed by atoms with Crippen LogP contribution in [-0.4, -0.2) is 50.8 Å². The molecule has 0 aliphatic carbocycles. The number of rotatable bonds is 6. The van der Waals surface area contributed by atoms with Gasteiger partial charge in [0.15, 0.2) is 5.96 Å². The van der Waals surface area contributed by atoms with Gasteiger partial charge in [0.25, 0.3) is 0 Å². The number of hydrogen-bond acceptors (Lipinski definition) is 3. The minimum atomic E-state index is 0. The lowest BCUT2D eigenvalue weighted by molar-refractivity contribution is 0.0170. The van der Waals surface area contributed by atoms with E-state index in [9.17, 15) is 0 Å². The summed E-state index contributed by atoms with van der Waals surface area (Å²) in [5, 5.41) is 6.96. The van der Waals surface area contributed by atoms with Gasteiger partial charge in [0.1, 0.15) is 0 Å². The van der Waals surface area contributed by atoms with Gasteiger partial charge in [-0.05, 0) is 25.0 Å². The topological polar surface area (TPSA) is 48.9 Å². The molecule has 0 spiro atoms. The van der Waals surface area contributed by atoms with E-state index < -0.39 is 0 Å². The average Bonchev–Trinajstić information content (AvgIpc) is 2.71. The fraction of sp³-hybridized carbons (Fsp3) is 0.435. The lowest BCUT2D eigenvalue weighted by atomic mass is 10.0. The summed E-state index contributed by atoms with van der Waals surface area (Å²) >= 11 is 0. The van der Waals surface area contributed by atoms with Gasteiger partial charge in [0, 0.05) is 33.2 Å². The number of benzene rings is 2. The predicted molar refractivity (Wildman–Crippen MR) is 131 cm³/mol. The molecule has 0 bridgehead atoms. The number of halogens is 1. The van der Waals surface area contributed by atoms with E-state index in [1.807, 2.05) is 7.05 Å². The minimum Gasteiger partial charge on any atom is -0.379 e. The van der Waals surface area contributed by atoms with Gasteiger partial charge in [0.05, 0.1) is 19.3 Å². The van der Waals surface area contributed by atoms with Gasteiger partial charge in [-0.3, -0.25) is 9.89 Å². The molecular weight excluding hydrogens is 475 g/mol. The monoisotopic (exact) mass is 508 g/mol. The standard InChI is InChI=1S/C23H32N4O.HI/c1-18-6-4-8-20(14-18)16-25-23(24-3)26-17-22(27-10-12-28-13-11-27)21-9-5-7-19(2)15-21;/h4-9,14-15,22H,10-13,16-17H2,1-3H3,(H2,24,25,26);1H. The highest BCUT2D eigenvalue weighted by Crippen LogP contribution is 2.22. The first kappa shape index (κ1) is 23.6. The lowest BCUT2D eigenvalue weighted by Crippen LogP contribution is -2.46. The van der Waals surface area contributed by atoms with Gasteiger partial charge in [-0.1, -0.05) is 59.7 Å². The maximum Gasteiger partial charge on any atom is 0.191 e. The van der Waals surface area contributed by atoms with Crippen molar-refractivity contribution in [3.8, 4) is 0 Å². The first-order valence-electron chi connectivity index (χ1n) is 10.0. The lowest BCUT2D eigenvalue weighted by Gasteiger charge is -2.35. The zero-order valence-corrected chi connectivity index (χ0v) is 20.0. The van der Waals surface area contributed by atoms with Crippen LogP contribution in [0.25, 0.3) is 0 Å². The van der Waals surface area contributed by atoms with E-state index in [0.29, 0.717) is 6.04 Å². The molecule has 158 valence electrons. The van der Waals surface area contributed by atoms with Crippen molar-refractivity contribution in [2.45, 2.75) is 26.4 Å². The zero-order valence-electron chi connectivity index (χ0n) is 17.6. The smallest absolute Gasteiger partial charge is 0.191 e. The fourth-order valence-electron chi connectivity index (χ4n) is 3.65. The molecule has 2 aromatic rings. The maximum absolute atomic E-state index is 5.56. The molecular formula is C23H33IN4O. The van der Waals surface area contributed by atoms with E-state index in [1.54, 1.807) is 0 Å². The number of nitrogens with one attached hydrogen (secondary N) is 2. The first-order valence-corrected chi connectivity index (χ1v) is 10.0. The molecule has 1 aliphatic rings. The molecule has 1 fully saturated rings. The van der Waals surface area contributed by atoms with E-state index in [-0.39, 0.29) is 24.0 Å². The number of aryl methyl sites for hydroxylation is 2. The number of ether oxygens (including phenoxy) is 1. The van der Waals surface area contributed by atoms with Crippen LogP contribution in [-0.2, 0) is 11.3 Å². The SMILES string of the molecule is CN=C(NCc1cccc(C)c1)NCC(c1cccc(C)c1)N1CCOCC1.I. The Morgan fingerprint density at radius 1 is 1.03 bits per heavy atom. The van der Waals surface area contributed by atoms with Crippen molar-refractivity contribution in [1.82, 2.24) is 15.5 Å². The van der Waals surface area contributed by atoms with E-state index >= 15 is 0 Å². The Morgan fingerprint density at radius 2 is 1.72 bits per heavy atom. The largest absolute Gasteiger partial charge is 0.379 e. The summed E-state index contributed by atoms with van der Waals surface area (Å²) in [6.45, 7) is 9.32. The van der Waals surface area contributed by atoms with Gasteiger partial charge >= 0.3 is 0 Å². The van der Waals surface area contributed by atoms with Gasteiger partial charge in [-0.25, -0.2) is 0 Å². The van der Waals surface area contributed by atoms with Crippen LogP contribution in [0.2, 0.25) is 0 Å². The molecule has 2 N–H and O–H groups in total. The van der Waals surface area contributed by atoms with Gasteiger partial charge in [-0.2, -0.15) is 0 Å². The summed E-state index contributed by atoms with van der Waals surface area (Å²) in [5.74, 6) is 0.826. The normalized spacial score (nSPS) is 16.0. The number of nitrogens with zero attached hydrogens (tertiary/aromatic N) is 2. The van der Waals surface area contributed by atoms with Crippen molar-refractivity contribution in [2.75, 3.05) is 39.9 Å². The summed E-state index contributed by atoms with van der Waals surface area (Å²) in [6.07, 6.45) is 0. The second-order valence-electron chi connectivity index (χ2n) is 7.37. The second kappa shape index (κ2) is 12.1. The van der Waals surface area contributed by atoms with Crippen LogP contribution < -0.4 is 10.6 Å². The Morgan fingerprint density at radius 3 is 2.38 bits per heavy atom. The van der Waals surface area contributed by atoms with E-state index in [4.69, 9.17) is 4.74 Å². The summed E-state index contributed by atoms with van der Waals surface area (Å²) in [4.78, 5) is 6.90. The van der Waals surface area contributed by atoms with Crippen LogP contribution in [0.15, 0.2) is 53.5 Å². The Hall–Kier alpha value is -1.64. The van der Waals surface area contributed by atoms with Crippen LogP contribution in [0.4, 0.5) is 0 Å². The second-order valence-corrected chi connectivity index (χ2v) is 7.37. The van der Waals surface area contributed by atoms with Gasteiger partial charge < -0.3 is 15.4 Å². The van der Waals surface area contributed by atoms with E-state index in [0.717, 1.165) is 45.4 Å². The number of hydrogen-bond donors (Lipinski definition) is 2. The minimum absolute atomic E-state index is 0. The van der Waals surface area contributed by atoms with Crippen molar-refractivity contribution < 1.29 is 4.74 Å². The fourth-order valence-corrected chi connectivity index (χ4v) is 3.65. The van der Waals surface area contributed by atoms with Crippen molar-refractivity contribution in [3.63, 3.8) is 0 Å². The molecule has 0 saturated carbocycles. The Kier molecular flexibility index (Phi) is 9.90. The third-order valence-corrected chi connectivity index (χ3v) is 5.14. The summed E-state index contributed by atoms with van der Waals surface area (Å²) in [7, 11) is 1.82. The van der Waals surface area contributed by atoms with Crippen molar-refractivity contribution in [3.05, 3.63) is 70.8 Å². The number of guanidine groups is 1. The summed E-state index contributed by atoms with van der Waals surface area (Å²) in [6, 6.07) is 17.6. The number of morpholine rings is 1. The number of aliphatic imine (C=N–C) groups is 1. The quantitative estimate of drug-likeness (QED) is 0.356. The molecule has 0 aromatic heterocycles. The molecule has 1 aliphatic heterocycles. The molecule has 1 saturated heterocycles. The van der Waals surface area contributed by atoms with Gasteiger partial charge in [-0.15, -0.1) is 24.0 Å². The first-order chi connectivity index (χ1) is 13.7. The van der Waals surface area contributed by atoms with Gasteiger partial charge in [0.2, 0.25) is 0 Å². The van der Waals surface area contributed by atoms with Crippen molar-refractivity contribution >= 4 is 29.9 Å². The molecule has 0 amide bonds. The van der Waals surface area contributed by atoms with Crippen LogP contribution in [0.1, 0.15) is 28.3 Å². The van der Waals surface area contributed by atoms with E-state index in [2.05, 4.69) is 82.9 Å². The molecule has 3 rings (SSSR count). The Balaban J connectivity index is 0.00000300. The molecule has 29 heavy (non-hydrogen) atoms. The highest BCUT2D eigenvalue weighted by Gasteiger charge is 2.23. The van der Waals surface area contributed by atoms with Crippen LogP contribution in [0.5, 0.6) is 0 Å². The molecule has 5 nitrogen and oxygen atoms in total. The van der Waals surface area contributed by atoms with Crippen LogP contribution in [0, 0.1) is 13.8 Å². The van der Waals surface area contributed by atoms with Crippen molar-refractivity contribution in [2.24, 2.45) is 4.99 Å². The molecule has 2 aromatic carbocycles. The average molecular weight is 508 g/mol. The third-order valence-electron chi connectivity index (χ3n) is 5.14. The van der Waals surface area contributed by atoms with Crippen molar-refractivity contribution in [1.29, 1.82) is 0 Å². The third kappa shape index (κ3) is 7.28. The molecule has 0 radical (unpaired) electrons. The summed E-state index contributed by atoms with van der Waals surface area (Å²) in [5.41, 5.74) is 5.15. The highest BCUT2D eigenvalue weighted by molar-refractivity contribution is 14.0. The van der Waals surface area contributed by atoms with Crippen LogP contribution >= 0.6 is 24.0 Å². The molecule has 1 heterocycles. The molecule has 1 atom stereocenters.